The number of hydrogen-bond acceptors (Lipinski definition) is 6. The molecule has 1 unspecified atom stereocenters. The highest BCUT2D eigenvalue weighted by Gasteiger charge is 2.46. The van der Waals surface area contributed by atoms with E-state index in [2.05, 4.69) is 15.5 Å². The minimum absolute atomic E-state index is 0.0657. The van der Waals surface area contributed by atoms with E-state index in [-0.39, 0.29) is 18.2 Å². The fourth-order valence-corrected chi connectivity index (χ4v) is 3.92. The van der Waals surface area contributed by atoms with Crippen molar-refractivity contribution in [2.75, 3.05) is 0 Å². The summed E-state index contributed by atoms with van der Waals surface area (Å²) in [4.78, 5) is 3.88. The number of nitrogens with two attached hydrogens (primary N) is 1. The molecule has 2 aliphatic rings. The van der Waals surface area contributed by atoms with Crippen molar-refractivity contribution < 1.29 is 13.9 Å². The SMILES string of the molecule is C[C@@H](N1NC(N)=C2C=C(Cl)C=CC21)[C@](O)(Cn1cncn1)c1ccc(F)cc1F. The van der Waals surface area contributed by atoms with Crippen LogP contribution in [0.2, 0.25) is 0 Å². The number of hydrazine groups is 1. The summed E-state index contributed by atoms with van der Waals surface area (Å²) in [6.07, 6.45) is 8.02. The van der Waals surface area contributed by atoms with Crippen LogP contribution < -0.4 is 11.2 Å². The second-order valence-corrected chi connectivity index (χ2v) is 7.48. The Labute approximate surface area is 170 Å². The zero-order valence-corrected chi connectivity index (χ0v) is 16.2. The van der Waals surface area contributed by atoms with Crippen LogP contribution >= 0.6 is 11.6 Å². The highest BCUT2D eigenvalue weighted by molar-refractivity contribution is 6.31. The number of hydrogen-bond donors (Lipinski definition) is 3. The number of benzene rings is 1. The summed E-state index contributed by atoms with van der Waals surface area (Å²) in [6.45, 7) is 1.61. The largest absolute Gasteiger partial charge is 0.384 e. The fourth-order valence-electron chi connectivity index (χ4n) is 3.73. The maximum atomic E-state index is 14.7. The monoisotopic (exact) mass is 420 g/mol. The zero-order chi connectivity index (χ0) is 20.8. The van der Waals surface area contributed by atoms with Gasteiger partial charge in [0.1, 0.15) is 35.7 Å². The third-order valence-electron chi connectivity index (χ3n) is 5.29. The molecular formula is C19H19ClF2N6O. The van der Waals surface area contributed by atoms with Crippen LogP contribution in [-0.4, -0.2) is 37.0 Å². The average Bonchev–Trinajstić information content (AvgIpc) is 3.29. The molecule has 0 radical (unpaired) electrons. The zero-order valence-electron chi connectivity index (χ0n) is 15.4. The molecule has 4 rings (SSSR count). The quantitative estimate of drug-likeness (QED) is 0.684. The third kappa shape index (κ3) is 3.41. The molecule has 10 heteroatoms. The molecular weight excluding hydrogens is 402 g/mol. The van der Waals surface area contributed by atoms with Crippen LogP contribution in [0.15, 0.2) is 65.5 Å². The Balaban J connectivity index is 1.75. The molecule has 4 N–H and O–H groups in total. The number of nitrogens with zero attached hydrogens (tertiary/aromatic N) is 4. The van der Waals surface area contributed by atoms with Gasteiger partial charge in [-0.05, 0) is 25.1 Å². The van der Waals surface area contributed by atoms with Crippen molar-refractivity contribution in [2.24, 2.45) is 5.73 Å². The van der Waals surface area contributed by atoms with Crippen LogP contribution in [0.1, 0.15) is 12.5 Å². The van der Waals surface area contributed by atoms with Crippen LogP contribution in [0.4, 0.5) is 8.78 Å². The second kappa shape index (κ2) is 7.25. The van der Waals surface area contributed by atoms with Crippen LogP contribution in [-0.2, 0) is 12.1 Å². The molecule has 0 saturated carbocycles. The van der Waals surface area contributed by atoms with Crippen molar-refractivity contribution in [3.05, 3.63) is 82.7 Å². The lowest BCUT2D eigenvalue weighted by molar-refractivity contribution is -0.0760. The first-order valence-corrected chi connectivity index (χ1v) is 9.28. The van der Waals surface area contributed by atoms with E-state index < -0.39 is 23.3 Å². The Bertz CT molecular complexity index is 1020. The van der Waals surface area contributed by atoms with E-state index in [0.717, 1.165) is 17.7 Å². The highest BCUT2D eigenvalue weighted by atomic mass is 35.5. The molecule has 1 aromatic carbocycles. The first-order valence-electron chi connectivity index (χ1n) is 8.90. The number of aliphatic hydroxyl groups is 1. The first kappa shape index (κ1) is 19.6. The van der Waals surface area contributed by atoms with Crippen LogP contribution in [0.5, 0.6) is 0 Å². The molecule has 0 bridgehead atoms. The molecule has 3 atom stereocenters. The van der Waals surface area contributed by atoms with Crippen molar-refractivity contribution >= 4 is 11.6 Å². The molecule has 2 heterocycles. The lowest BCUT2D eigenvalue weighted by Crippen LogP contribution is -2.57. The van der Waals surface area contributed by atoms with Crippen molar-refractivity contribution in [1.29, 1.82) is 0 Å². The van der Waals surface area contributed by atoms with Gasteiger partial charge in [-0.15, -0.1) is 0 Å². The number of allylic oxidation sites excluding steroid dienone is 2. The van der Waals surface area contributed by atoms with Gasteiger partial charge in [-0.3, -0.25) is 0 Å². The molecule has 0 spiro atoms. The molecule has 0 amide bonds. The third-order valence-corrected chi connectivity index (χ3v) is 5.52. The van der Waals surface area contributed by atoms with E-state index in [1.807, 2.05) is 6.08 Å². The van der Waals surface area contributed by atoms with Gasteiger partial charge in [0, 0.05) is 22.2 Å². The molecule has 2 aromatic rings. The van der Waals surface area contributed by atoms with Gasteiger partial charge in [0.15, 0.2) is 0 Å². The van der Waals surface area contributed by atoms with Gasteiger partial charge in [0.05, 0.1) is 18.6 Å². The summed E-state index contributed by atoms with van der Waals surface area (Å²) in [7, 11) is 0. The average molecular weight is 421 g/mol. The number of rotatable bonds is 5. The van der Waals surface area contributed by atoms with Crippen molar-refractivity contribution in [2.45, 2.75) is 31.2 Å². The van der Waals surface area contributed by atoms with Gasteiger partial charge >= 0.3 is 0 Å². The van der Waals surface area contributed by atoms with Crippen molar-refractivity contribution in [3.8, 4) is 0 Å². The first-order chi connectivity index (χ1) is 13.8. The summed E-state index contributed by atoms with van der Waals surface area (Å²) >= 11 is 6.08. The minimum atomic E-state index is -1.80. The van der Waals surface area contributed by atoms with Crippen molar-refractivity contribution in [1.82, 2.24) is 25.2 Å². The highest BCUT2D eigenvalue weighted by Crippen LogP contribution is 2.37. The summed E-state index contributed by atoms with van der Waals surface area (Å²) < 4.78 is 29.6. The van der Waals surface area contributed by atoms with Gasteiger partial charge in [-0.1, -0.05) is 23.7 Å². The predicted octanol–water partition coefficient (Wildman–Crippen LogP) is 1.88. The normalized spacial score (nSPS) is 22.1. The molecule has 1 aromatic heterocycles. The smallest absolute Gasteiger partial charge is 0.137 e. The maximum Gasteiger partial charge on any atom is 0.137 e. The second-order valence-electron chi connectivity index (χ2n) is 7.04. The standard InChI is InChI=1S/C19H19ClF2N6O/c1-11(28-17-5-2-12(20)6-14(17)18(23)26-28)19(29,8-27-10-24-9-25-27)15-4-3-13(21)7-16(15)22/h2-7,9-11,17,26,29H,8,23H2,1H3/t11-,17?,19-/m1/s1. The lowest BCUT2D eigenvalue weighted by Gasteiger charge is -2.41. The van der Waals surface area contributed by atoms with Crippen LogP contribution in [0.25, 0.3) is 0 Å². The topological polar surface area (TPSA) is 92.2 Å². The van der Waals surface area contributed by atoms with E-state index in [4.69, 9.17) is 17.3 Å². The summed E-state index contributed by atoms with van der Waals surface area (Å²) in [5.41, 5.74) is 8.02. The summed E-state index contributed by atoms with van der Waals surface area (Å²) in [5.74, 6) is -1.21. The lowest BCUT2D eigenvalue weighted by atomic mass is 9.85. The Morgan fingerprint density at radius 1 is 1.41 bits per heavy atom. The number of aromatic nitrogens is 3. The Morgan fingerprint density at radius 3 is 2.90 bits per heavy atom. The molecule has 152 valence electrons. The fraction of sp³-hybridized carbons (Fsp3) is 0.263. The van der Waals surface area contributed by atoms with Crippen molar-refractivity contribution in [3.63, 3.8) is 0 Å². The van der Waals surface area contributed by atoms with Gasteiger partial charge < -0.3 is 16.3 Å². The predicted molar refractivity (Wildman–Crippen MR) is 103 cm³/mol. The van der Waals surface area contributed by atoms with Gasteiger partial charge in [-0.2, -0.15) is 5.10 Å². The summed E-state index contributed by atoms with van der Waals surface area (Å²) in [6, 6.07) is 2.04. The van der Waals surface area contributed by atoms with Gasteiger partial charge in [0.25, 0.3) is 0 Å². The maximum absolute atomic E-state index is 14.7. The molecule has 1 aliphatic carbocycles. The van der Waals surface area contributed by atoms with E-state index in [1.165, 1.54) is 23.4 Å². The molecule has 1 aliphatic heterocycles. The number of nitrogens with one attached hydrogen (secondary N) is 1. The molecule has 0 fully saturated rings. The Kier molecular flexibility index (Phi) is 4.89. The van der Waals surface area contributed by atoms with Crippen LogP contribution in [0.3, 0.4) is 0 Å². The summed E-state index contributed by atoms with van der Waals surface area (Å²) in [5, 5.41) is 18.0. The van der Waals surface area contributed by atoms with E-state index in [1.54, 1.807) is 24.1 Å². The minimum Gasteiger partial charge on any atom is -0.384 e. The van der Waals surface area contributed by atoms with Gasteiger partial charge in [-0.25, -0.2) is 23.5 Å². The van der Waals surface area contributed by atoms with Crippen LogP contribution in [0, 0.1) is 11.6 Å². The van der Waals surface area contributed by atoms with E-state index >= 15 is 0 Å². The molecule has 7 nitrogen and oxygen atoms in total. The van der Waals surface area contributed by atoms with E-state index in [9.17, 15) is 13.9 Å². The number of halogens is 3. The van der Waals surface area contributed by atoms with Gasteiger partial charge in [0.2, 0.25) is 0 Å². The Hall–Kier alpha value is -2.75. The molecule has 29 heavy (non-hydrogen) atoms. The number of fused-ring (bicyclic) bond motifs is 1. The van der Waals surface area contributed by atoms with E-state index in [0.29, 0.717) is 10.9 Å². The Morgan fingerprint density at radius 2 is 2.21 bits per heavy atom. The molecule has 0 saturated heterocycles.